The number of ketones is 1. The monoisotopic (exact) mass is 499 g/mol. The maximum Gasteiger partial charge on any atom is 0.270 e. The zero-order valence-corrected chi connectivity index (χ0v) is 21.7. The Morgan fingerprint density at radius 1 is 1.00 bits per heavy atom. The Morgan fingerprint density at radius 2 is 1.75 bits per heavy atom. The van der Waals surface area contributed by atoms with Gasteiger partial charge in [-0.2, -0.15) is 5.10 Å². The summed E-state index contributed by atoms with van der Waals surface area (Å²) in [5.74, 6) is -0.283. The van der Waals surface area contributed by atoms with Crippen LogP contribution < -0.4 is 0 Å². The predicted molar refractivity (Wildman–Crippen MR) is 146 cm³/mol. The SMILES string of the molecule is C[Si](C)(C)CCOCn1nc(C=Cc2ccccc2)c2ccc(C(=O)c3cccc([N+](=O)[O-])c3)cc21. The van der Waals surface area contributed by atoms with Crippen molar-refractivity contribution in [1.29, 1.82) is 0 Å². The second kappa shape index (κ2) is 10.8. The summed E-state index contributed by atoms with van der Waals surface area (Å²) in [7, 11) is -1.23. The van der Waals surface area contributed by atoms with E-state index in [4.69, 9.17) is 9.84 Å². The van der Waals surface area contributed by atoms with Crippen molar-refractivity contribution in [2.45, 2.75) is 32.4 Å². The van der Waals surface area contributed by atoms with Crippen LogP contribution in [0, 0.1) is 10.1 Å². The first-order valence-electron chi connectivity index (χ1n) is 11.8. The molecule has 0 aliphatic rings. The lowest BCUT2D eigenvalue weighted by Crippen LogP contribution is -2.22. The summed E-state index contributed by atoms with van der Waals surface area (Å²) in [5.41, 5.74) is 3.19. The molecule has 184 valence electrons. The van der Waals surface area contributed by atoms with E-state index >= 15 is 0 Å². The number of hydrogen-bond acceptors (Lipinski definition) is 5. The standard InChI is InChI=1S/C28H29N3O4Si/c1-36(2,3)17-16-35-20-30-27-19-23(28(32)22-10-7-11-24(18-22)31(33)34)13-14-25(27)26(29-30)15-12-21-8-5-4-6-9-21/h4-15,18-19H,16-17,20H2,1-3H3. The van der Waals surface area contributed by atoms with Crippen LogP contribution in [0.25, 0.3) is 23.1 Å². The molecule has 4 rings (SSSR count). The third-order valence-corrected chi connectivity index (χ3v) is 7.51. The quantitative estimate of drug-likeness (QED) is 0.0800. The van der Waals surface area contributed by atoms with E-state index in [9.17, 15) is 14.9 Å². The second-order valence-electron chi connectivity index (χ2n) is 9.85. The molecule has 1 heterocycles. The van der Waals surface area contributed by atoms with Gasteiger partial charge in [0.25, 0.3) is 5.69 Å². The molecular formula is C28H29N3O4Si. The summed E-state index contributed by atoms with van der Waals surface area (Å²) in [6.07, 6.45) is 3.96. The maximum atomic E-state index is 13.2. The van der Waals surface area contributed by atoms with E-state index in [0.717, 1.165) is 28.2 Å². The molecule has 0 spiro atoms. The predicted octanol–water partition coefficient (Wildman–Crippen LogP) is 6.66. The zero-order chi connectivity index (χ0) is 25.7. The average molecular weight is 500 g/mol. The fourth-order valence-electron chi connectivity index (χ4n) is 3.76. The number of fused-ring (bicyclic) bond motifs is 1. The van der Waals surface area contributed by atoms with Crippen molar-refractivity contribution >= 4 is 42.6 Å². The van der Waals surface area contributed by atoms with Crippen molar-refractivity contribution in [3.63, 3.8) is 0 Å². The highest BCUT2D eigenvalue weighted by atomic mass is 28.3. The maximum absolute atomic E-state index is 13.2. The van der Waals surface area contributed by atoms with Crippen LogP contribution in [0.2, 0.25) is 25.7 Å². The third kappa shape index (κ3) is 6.21. The molecule has 0 aliphatic heterocycles. The Hall–Kier alpha value is -3.88. The van der Waals surface area contributed by atoms with Crippen LogP contribution >= 0.6 is 0 Å². The number of nitro groups is 1. The number of nitro benzene ring substituents is 1. The minimum absolute atomic E-state index is 0.115. The van der Waals surface area contributed by atoms with Crippen molar-refractivity contribution in [3.05, 3.63) is 105 Å². The van der Waals surface area contributed by atoms with E-state index in [1.807, 2.05) is 48.6 Å². The van der Waals surface area contributed by atoms with Crippen molar-refractivity contribution in [2.75, 3.05) is 6.61 Å². The molecule has 0 N–H and O–H groups in total. The molecule has 0 bridgehead atoms. The largest absolute Gasteiger partial charge is 0.360 e. The lowest BCUT2D eigenvalue weighted by molar-refractivity contribution is -0.384. The Balaban J connectivity index is 1.68. The van der Waals surface area contributed by atoms with Gasteiger partial charge in [0.2, 0.25) is 0 Å². The number of rotatable bonds is 10. The molecule has 0 amide bonds. The van der Waals surface area contributed by atoms with E-state index in [0.29, 0.717) is 12.2 Å². The number of nitrogens with zero attached hydrogens (tertiary/aromatic N) is 3. The lowest BCUT2D eigenvalue weighted by Gasteiger charge is -2.15. The smallest absolute Gasteiger partial charge is 0.270 e. The summed E-state index contributed by atoms with van der Waals surface area (Å²) in [6, 6.07) is 22.2. The van der Waals surface area contributed by atoms with E-state index in [1.165, 1.54) is 18.2 Å². The molecule has 0 aliphatic carbocycles. The Kier molecular flexibility index (Phi) is 7.57. The molecule has 1 aromatic heterocycles. The van der Waals surface area contributed by atoms with Crippen LogP contribution in [0.15, 0.2) is 72.8 Å². The Bertz CT molecular complexity index is 1420. The van der Waals surface area contributed by atoms with Gasteiger partial charge in [-0.3, -0.25) is 14.9 Å². The molecule has 8 heteroatoms. The minimum Gasteiger partial charge on any atom is -0.360 e. The van der Waals surface area contributed by atoms with Gasteiger partial charge in [-0.15, -0.1) is 0 Å². The van der Waals surface area contributed by atoms with Crippen molar-refractivity contribution in [3.8, 4) is 0 Å². The zero-order valence-electron chi connectivity index (χ0n) is 20.7. The number of ether oxygens (including phenoxy) is 1. The number of non-ortho nitro benzene ring substituents is 1. The summed E-state index contributed by atoms with van der Waals surface area (Å²) in [5, 5.41) is 16.8. The number of carbonyl (C=O) groups is 1. The van der Waals surface area contributed by atoms with Gasteiger partial charge in [0.05, 0.1) is 16.1 Å². The topological polar surface area (TPSA) is 87.3 Å². The van der Waals surface area contributed by atoms with Gasteiger partial charge in [-0.1, -0.05) is 74.2 Å². The number of hydrogen-bond donors (Lipinski definition) is 0. The van der Waals surface area contributed by atoms with Crippen molar-refractivity contribution < 1.29 is 14.5 Å². The van der Waals surface area contributed by atoms with E-state index in [-0.39, 0.29) is 23.8 Å². The van der Waals surface area contributed by atoms with E-state index < -0.39 is 13.0 Å². The molecule has 0 saturated heterocycles. The number of benzene rings is 3. The molecule has 0 fully saturated rings. The van der Waals surface area contributed by atoms with Crippen molar-refractivity contribution in [2.24, 2.45) is 0 Å². The average Bonchev–Trinajstić information content (AvgIpc) is 3.22. The molecule has 0 atom stereocenters. The number of aromatic nitrogens is 2. The Morgan fingerprint density at radius 3 is 2.47 bits per heavy atom. The van der Waals surface area contributed by atoms with E-state index in [2.05, 4.69) is 19.6 Å². The highest BCUT2D eigenvalue weighted by Gasteiger charge is 2.17. The minimum atomic E-state index is -1.23. The summed E-state index contributed by atoms with van der Waals surface area (Å²) in [4.78, 5) is 23.8. The number of carbonyl (C=O) groups excluding carboxylic acids is 1. The molecule has 0 radical (unpaired) electrons. The van der Waals surface area contributed by atoms with Crippen LogP contribution in [0.3, 0.4) is 0 Å². The van der Waals surface area contributed by atoms with E-state index in [1.54, 1.807) is 22.9 Å². The highest BCUT2D eigenvalue weighted by molar-refractivity contribution is 6.76. The molecule has 36 heavy (non-hydrogen) atoms. The normalized spacial score (nSPS) is 11.9. The Labute approximate surface area is 211 Å². The third-order valence-electron chi connectivity index (χ3n) is 5.80. The molecule has 3 aromatic carbocycles. The van der Waals surface area contributed by atoms with Gasteiger partial charge in [-0.05, 0) is 29.8 Å². The van der Waals surface area contributed by atoms with Gasteiger partial charge in [0.15, 0.2) is 5.78 Å². The highest BCUT2D eigenvalue weighted by Crippen LogP contribution is 2.25. The van der Waals surface area contributed by atoms with Gasteiger partial charge in [0, 0.05) is 43.3 Å². The first-order valence-corrected chi connectivity index (χ1v) is 15.5. The first kappa shape index (κ1) is 25.2. The van der Waals surface area contributed by atoms with Crippen LogP contribution in [0.1, 0.15) is 27.2 Å². The van der Waals surface area contributed by atoms with Gasteiger partial charge in [-0.25, -0.2) is 4.68 Å². The summed E-state index contributed by atoms with van der Waals surface area (Å²) < 4.78 is 7.73. The molecule has 4 aromatic rings. The fraction of sp³-hybridized carbons (Fsp3) is 0.214. The fourth-order valence-corrected chi connectivity index (χ4v) is 4.52. The first-order chi connectivity index (χ1) is 17.2. The van der Waals surface area contributed by atoms with Gasteiger partial charge < -0.3 is 4.74 Å². The van der Waals surface area contributed by atoms with Crippen LogP contribution in [0.4, 0.5) is 5.69 Å². The van der Waals surface area contributed by atoms with Crippen LogP contribution in [-0.4, -0.2) is 35.2 Å². The van der Waals surface area contributed by atoms with Crippen LogP contribution in [-0.2, 0) is 11.5 Å². The lowest BCUT2D eigenvalue weighted by atomic mass is 10.0. The van der Waals surface area contributed by atoms with Crippen molar-refractivity contribution in [1.82, 2.24) is 9.78 Å². The second-order valence-corrected chi connectivity index (χ2v) is 15.5. The van der Waals surface area contributed by atoms with Gasteiger partial charge >= 0.3 is 0 Å². The molecular weight excluding hydrogens is 470 g/mol. The van der Waals surface area contributed by atoms with Crippen LogP contribution in [0.5, 0.6) is 0 Å². The molecule has 0 saturated carbocycles. The summed E-state index contributed by atoms with van der Waals surface area (Å²) >= 11 is 0. The molecule has 0 unspecified atom stereocenters. The van der Waals surface area contributed by atoms with Gasteiger partial charge in [0.1, 0.15) is 6.73 Å². The molecule has 7 nitrogen and oxygen atoms in total. The summed E-state index contributed by atoms with van der Waals surface area (Å²) in [6.45, 7) is 7.83.